The molecule has 0 fully saturated rings. The Morgan fingerprint density at radius 3 is 2.12 bits per heavy atom. The first-order valence-corrected chi connectivity index (χ1v) is 9.07. The lowest BCUT2D eigenvalue weighted by molar-refractivity contribution is -0.159. The zero-order valence-electron chi connectivity index (χ0n) is 16.4. The monoisotopic (exact) mass is 357 g/mol. The van der Waals surface area contributed by atoms with Crippen LogP contribution in [0.5, 0.6) is 0 Å². The third-order valence-electron chi connectivity index (χ3n) is 4.63. The Kier molecular flexibility index (Phi) is 8.83. The second-order valence-corrected chi connectivity index (χ2v) is 6.81. The number of hydrogen-bond acceptors (Lipinski definition) is 3. The van der Waals surface area contributed by atoms with E-state index < -0.39 is 6.10 Å². The van der Waals surface area contributed by atoms with Gasteiger partial charge in [-0.05, 0) is 25.3 Å². The number of carbonyl (C=O) groups is 2. The van der Waals surface area contributed by atoms with Gasteiger partial charge in [-0.15, -0.1) is 13.2 Å². The SMILES string of the molecule is C=CC[C@@H](C)C(=O)OC(c1ccccc1)[C@@H](C)N(C)C(=O)[C@@H](C)CC=C. The number of likely N-dealkylation sites (N-methyl/N-ethyl adjacent to an activating group) is 1. The first-order chi connectivity index (χ1) is 12.3. The van der Waals surface area contributed by atoms with Gasteiger partial charge in [0.1, 0.15) is 6.10 Å². The van der Waals surface area contributed by atoms with E-state index in [9.17, 15) is 9.59 Å². The van der Waals surface area contributed by atoms with Gasteiger partial charge in [-0.3, -0.25) is 9.59 Å². The molecule has 0 aliphatic carbocycles. The molecule has 142 valence electrons. The summed E-state index contributed by atoms with van der Waals surface area (Å²) in [6.07, 6.45) is 4.09. The zero-order chi connectivity index (χ0) is 19.7. The summed E-state index contributed by atoms with van der Waals surface area (Å²) in [5.74, 6) is -0.711. The minimum absolute atomic E-state index is 0.00789. The standard InChI is InChI=1S/C22H31NO3/c1-7-12-16(3)21(24)23(6)18(5)20(19-14-10-9-11-15-19)26-22(25)17(4)13-8-2/h7-11,14-18,20H,1-2,12-13H2,3-6H3/t16-,17+,18+,20?/m0/s1. The molecule has 0 aliphatic heterocycles. The van der Waals surface area contributed by atoms with Crippen molar-refractivity contribution in [3.8, 4) is 0 Å². The average Bonchev–Trinajstić information content (AvgIpc) is 2.65. The van der Waals surface area contributed by atoms with Gasteiger partial charge >= 0.3 is 5.97 Å². The minimum Gasteiger partial charge on any atom is -0.455 e. The molecule has 1 aromatic carbocycles. The van der Waals surface area contributed by atoms with Gasteiger partial charge in [0.2, 0.25) is 5.91 Å². The highest BCUT2D eigenvalue weighted by Gasteiger charge is 2.31. The second-order valence-electron chi connectivity index (χ2n) is 6.81. The van der Waals surface area contributed by atoms with Crippen molar-refractivity contribution in [3.05, 3.63) is 61.2 Å². The van der Waals surface area contributed by atoms with E-state index >= 15 is 0 Å². The van der Waals surface area contributed by atoms with Crippen LogP contribution in [0.15, 0.2) is 55.6 Å². The Morgan fingerprint density at radius 2 is 1.58 bits per heavy atom. The van der Waals surface area contributed by atoms with Crippen molar-refractivity contribution in [1.82, 2.24) is 4.90 Å². The van der Waals surface area contributed by atoms with E-state index in [-0.39, 0.29) is 29.8 Å². The summed E-state index contributed by atoms with van der Waals surface area (Å²) in [5, 5.41) is 0. The number of amides is 1. The largest absolute Gasteiger partial charge is 0.455 e. The molecule has 0 N–H and O–H groups in total. The van der Waals surface area contributed by atoms with Crippen molar-refractivity contribution in [2.75, 3.05) is 7.05 Å². The molecule has 4 nitrogen and oxygen atoms in total. The highest BCUT2D eigenvalue weighted by molar-refractivity contribution is 5.79. The van der Waals surface area contributed by atoms with E-state index in [1.165, 1.54) is 0 Å². The Bertz CT molecular complexity index is 611. The number of rotatable bonds is 10. The predicted molar refractivity (Wildman–Crippen MR) is 105 cm³/mol. The molecule has 0 saturated heterocycles. The molecule has 1 unspecified atom stereocenters. The Balaban J connectivity index is 3.04. The molecule has 0 saturated carbocycles. The van der Waals surface area contributed by atoms with Gasteiger partial charge in [-0.2, -0.15) is 0 Å². The number of hydrogen-bond donors (Lipinski definition) is 0. The third-order valence-corrected chi connectivity index (χ3v) is 4.63. The average molecular weight is 357 g/mol. The highest BCUT2D eigenvalue weighted by Crippen LogP contribution is 2.27. The fourth-order valence-corrected chi connectivity index (χ4v) is 2.78. The van der Waals surface area contributed by atoms with Gasteiger partial charge < -0.3 is 9.64 Å². The molecule has 4 heteroatoms. The summed E-state index contributed by atoms with van der Waals surface area (Å²) in [6.45, 7) is 13.0. The molecule has 0 aliphatic rings. The number of benzene rings is 1. The molecule has 4 atom stereocenters. The molecule has 0 aromatic heterocycles. The highest BCUT2D eigenvalue weighted by atomic mass is 16.5. The second kappa shape index (κ2) is 10.6. The van der Waals surface area contributed by atoms with Crippen LogP contribution in [0.3, 0.4) is 0 Å². The van der Waals surface area contributed by atoms with Crippen LogP contribution in [0.25, 0.3) is 0 Å². The third kappa shape index (κ3) is 5.87. The molecule has 0 heterocycles. The summed E-state index contributed by atoms with van der Waals surface area (Å²) in [7, 11) is 1.75. The minimum atomic E-state index is -0.527. The molecule has 0 spiro atoms. The molecule has 1 rings (SSSR count). The van der Waals surface area contributed by atoms with Crippen LogP contribution in [0.4, 0.5) is 0 Å². The van der Waals surface area contributed by atoms with E-state index in [0.29, 0.717) is 12.8 Å². The molecular weight excluding hydrogens is 326 g/mol. The molecule has 1 amide bonds. The smallest absolute Gasteiger partial charge is 0.309 e. The van der Waals surface area contributed by atoms with E-state index in [4.69, 9.17) is 4.74 Å². The number of esters is 1. The van der Waals surface area contributed by atoms with E-state index in [2.05, 4.69) is 13.2 Å². The maximum atomic E-state index is 12.7. The van der Waals surface area contributed by atoms with Gasteiger partial charge in [-0.25, -0.2) is 0 Å². The Labute approximate surface area is 157 Å². The molecule has 0 bridgehead atoms. The fraction of sp³-hybridized carbons (Fsp3) is 0.455. The quantitative estimate of drug-likeness (QED) is 0.456. The van der Waals surface area contributed by atoms with Gasteiger partial charge in [0.25, 0.3) is 0 Å². The van der Waals surface area contributed by atoms with Crippen LogP contribution in [0.2, 0.25) is 0 Å². The Hall–Kier alpha value is -2.36. The van der Waals surface area contributed by atoms with Crippen LogP contribution >= 0.6 is 0 Å². The van der Waals surface area contributed by atoms with Crippen molar-refractivity contribution in [1.29, 1.82) is 0 Å². The van der Waals surface area contributed by atoms with Crippen molar-refractivity contribution in [2.24, 2.45) is 11.8 Å². The summed E-state index contributed by atoms with van der Waals surface area (Å²) in [6, 6.07) is 9.25. The first-order valence-electron chi connectivity index (χ1n) is 9.07. The topological polar surface area (TPSA) is 46.6 Å². The molecular formula is C22H31NO3. The van der Waals surface area contributed by atoms with Crippen molar-refractivity contribution in [2.45, 2.75) is 45.8 Å². The van der Waals surface area contributed by atoms with Gasteiger partial charge in [0, 0.05) is 13.0 Å². The molecule has 26 heavy (non-hydrogen) atoms. The van der Waals surface area contributed by atoms with Gasteiger partial charge in [-0.1, -0.05) is 56.3 Å². The van der Waals surface area contributed by atoms with Crippen molar-refractivity contribution < 1.29 is 14.3 Å². The van der Waals surface area contributed by atoms with Crippen molar-refractivity contribution in [3.63, 3.8) is 0 Å². The summed E-state index contributed by atoms with van der Waals surface area (Å²) in [4.78, 5) is 26.8. The predicted octanol–water partition coefficient (Wildman–Crippen LogP) is 4.54. The van der Waals surface area contributed by atoms with Crippen LogP contribution in [-0.2, 0) is 14.3 Å². The van der Waals surface area contributed by atoms with Gasteiger partial charge in [0.15, 0.2) is 0 Å². The lowest BCUT2D eigenvalue weighted by atomic mass is 9.99. The lowest BCUT2D eigenvalue weighted by Crippen LogP contribution is -2.43. The summed E-state index contributed by atoms with van der Waals surface area (Å²) >= 11 is 0. The zero-order valence-corrected chi connectivity index (χ0v) is 16.4. The maximum absolute atomic E-state index is 12.7. The summed E-state index contributed by atoms with van der Waals surface area (Å²) < 4.78 is 5.82. The number of carbonyl (C=O) groups excluding carboxylic acids is 2. The maximum Gasteiger partial charge on any atom is 0.309 e. The number of allylic oxidation sites excluding steroid dienone is 2. The van der Waals surface area contributed by atoms with E-state index in [0.717, 1.165) is 5.56 Å². The molecule has 1 aromatic rings. The van der Waals surface area contributed by atoms with Crippen molar-refractivity contribution >= 4 is 11.9 Å². The van der Waals surface area contributed by atoms with Crippen LogP contribution in [0, 0.1) is 11.8 Å². The van der Waals surface area contributed by atoms with Crippen LogP contribution in [-0.4, -0.2) is 29.9 Å². The Morgan fingerprint density at radius 1 is 1.04 bits per heavy atom. The van der Waals surface area contributed by atoms with Crippen LogP contribution in [0.1, 0.15) is 45.3 Å². The fourth-order valence-electron chi connectivity index (χ4n) is 2.78. The van der Waals surface area contributed by atoms with Gasteiger partial charge in [0.05, 0.1) is 12.0 Å². The number of ether oxygens (including phenoxy) is 1. The summed E-state index contributed by atoms with van der Waals surface area (Å²) in [5.41, 5.74) is 0.871. The van der Waals surface area contributed by atoms with E-state index in [1.54, 1.807) is 24.1 Å². The molecule has 0 radical (unpaired) electrons. The normalized spacial score (nSPS) is 15.2. The lowest BCUT2D eigenvalue weighted by Gasteiger charge is -2.34. The number of nitrogens with zero attached hydrogens (tertiary/aromatic N) is 1. The van der Waals surface area contributed by atoms with Crippen LogP contribution < -0.4 is 0 Å². The van der Waals surface area contributed by atoms with E-state index in [1.807, 2.05) is 51.1 Å². The first kappa shape index (κ1) is 21.7.